The lowest BCUT2D eigenvalue weighted by molar-refractivity contribution is 0.148. The van der Waals surface area contributed by atoms with Crippen molar-refractivity contribution in [3.8, 4) is 11.5 Å². The zero-order valence-corrected chi connectivity index (χ0v) is 11.3. The molecule has 1 aromatic carbocycles. The first-order valence-corrected chi connectivity index (χ1v) is 6.59. The van der Waals surface area contributed by atoms with Crippen LogP contribution in [0.25, 0.3) is 0 Å². The molecule has 0 unspecified atom stereocenters. The van der Waals surface area contributed by atoms with Gasteiger partial charge in [-0.05, 0) is 24.6 Å². The van der Waals surface area contributed by atoms with E-state index < -0.39 is 0 Å². The smallest absolute Gasteiger partial charge is 0.231 e. The summed E-state index contributed by atoms with van der Waals surface area (Å²) in [5.74, 6) is 1.61. The fourth-order valence-electron chi connectivity index (χ4n) is 1.46. The van der Waals surface area contributed by atoms with Crippen molar-refractivity contribution >= 4 is 15.9 Å². The molecule has 0 radical (unpaired) electrons. The van der Waals surface area contributed by atoms with Crippen LogP contribution in [0.15, 0.2) is 29.8 Å². The van der Waals surface area contributed by atoms with Crippen molar-refractivity contribution in [1.82, 2.24) is 0 Å². The van der Waals surface area contributed by atoms with Crippen LogP contribution in [0, 0.1) is 0 Å². The first kappa shape index (κ1) is 12.5. The summed E-state index contributed by atoms with van der Waals surface area (Å²) in [6.45, 7) is 3.60. The molecule has 3 nitrogen and oxygen atoms in total. The first-order valence-electron chi connectivity index (χ1n) is 5.47. The molecule has 0 amide bonds. The molecule has 0 atom stereocenters. The van der Waals surface area contributed by atoms with E-state index in [1.165, 1.54) is 5.57 Å². The van der Waals surface area contributed by atoms with Crippen molar-refractivity contribution in [3.05, 3.63) is 35.4 Å². The summed E-state index contributed by atoms with van der Waals surface area (Å²) in [6.07, 6.45) is 2.07. The largest absolute Gasteiger partial charge is 0.454 e. The Morgan fingerprint density at radius 1 is 1.41 bits per heavy atom. The van der Waals surface area contributed by atoms with Gasteiger partial charge in [-0.3, -0.25) is 0 Å². The Hall–Kier alpha value is -1.00. The summed E-state index contributed by atoms with van der Waals surface area (Å²) in [5.41, 5.74) is 2.37. The van der Waals surface area contributed by atoms with Crippen LogP contribution < -0.4 is 9.47 Å². The molecule has 0 spiro atoms. The molecule has 92 valence electrons. The van der Waals surface area contributed by atoms with Crippen LogP contribution >= 0.6 is 15.9 Å². The number of halogens is 1. The minimum atomic E-state index is 0.312. The fraction of sp³-hybridized carbons (Fsp3) is 0.385. The van der Waals surface area contributed by atoms with Gasteiger partial charge in [-0.2, -0.15) is 0 Å². The molecule has 0 fully saturated rings. The zero-order valence-electron chi connectivity index (χ0n) is 9.74. The number of hydrogen-bond donors (Lipinski definition) is 0. The molecule has 0 N–H and O–H groups in total. The second-order valence-corrected chi connectivity index (χ2v) is 4.45. The predicted molar refractivity (Wildman–Crippen MR) is 69.8 cm³/mol. The van der Waals surface area contributed by atoms with Gasteiger partial charge in [-0.25, -0.2) is 0 Å². The van der Waals surface area contributed by atoms with E-state index in [1.807, 2.05) is 18.2 Å². The monoisotopic (exact) mass is 298 g/mol. The van der Waals surface area contributed by atoms with Crippen molar-refractivity contribution in [2.24, 2.45) is 0 Å². The number of benzene rings is 1. The maximum absolute atomic E-state index is 5.56. The normalized spacial score (nSPS) is 14.1. The zero-order chi connectivity index (χ0) is 12.1. The van der Waals surface area contributed by atoms with Crippen LogP contribution in [0.1, 0.15) is 12.5 Å². The Balaban J connectivity index is 1.83. The number of alkyl halides is 1. The third-order valence-electron chi connectivity index (χ3n) is 2.47. The predicted octanol–water partition coefficient (Wildman–Crippen LogP) is 3.27. The molecule has 1 aliphatic heterocycles. The summed E-state index contributed by atoms with van der Waals surface area (Å²) in [7, 11) is 0. The lowest BCUT2D eigenvalue weighted by Gasteiger charge is -2.03. The second-order valence-electron chi connectivity index (χ2n) is 3.89. The Morgan fingerprint density at radius 2 is 2.24 bits per heavy atom. The van der Waals surface area contributed by atoms with E-state index in [0.29, 0.717) is 20.0 Å². The Kier molecular flexibility index (Phi) is 4.45. The van der Waals surface area contributed by atoms with Crippen LogP contribution in [0.3, 0.4) is 0 Å². The Bertz CT molecular complexity index is 415. The van der Waals surface area contributed by atoms with Gasteiger partial charge in [0.15, 0.2) is 11.5 Å². The highest BCUT2D eigenvalue weighted by Gasteiger charge is 2.12. The van der Waals surface area contributed by atoms with E-state index >= 15 is 0 Å². The maximum atomic E-state index is 5.56. The highest BCUT2D eigenvalue weighted by molar-refractivity contribution is 9.09. The number of rotatable bonds is 5. The van der Waals surface area contributed by atoms with E-state index in [1.54, 1.807) is 0 Å². The van der Waals surface area contributed by atoms with Gasteiger partial charge >= 0.3 is 0 Å². The van der Waals surface area contributed by atoms with E-state index in [4.69, 9.17) is 14.2 Å². The molecular weight excluding hydrogens is 284 g/mol. The van der Waals surface area contributed by atoms with Crippen LogP contribution in [-0.2, 0) is 11.3 Å². The van der Waals surface area contributed by atoms with Gasteiger partial charge in [0.25, 0.3) is 0 Å². The fourth-order valence-corrected chi connectivity index (χ4v) is 1.69. The van der Waals surface area contributed by atoms with Crippen LogP contribution in [0.4, 0.5) is 0 Å². The topological polar surface area (TPSA) is 27.7 Å². The highest BCUT2D eigenvalue weighted by Crippen LogP contribution is 2.32. The van der Waals surface area contributed by atoms with Gasteiger partial charge in [0.2, 0.25) is 6.79 Å². The third kappa shape index (κ3) is 3.48. The van der Waals surface area contributed by atoms with Crippen molar-refractivity contribution < 1.29 is 14.2 Å². The molecule has 0 saturated carbocycles. The van der Waals surface area contributed by atoms with Gasteiger partial charge in [-0.15, -0.1) is 0 Å². The maximum Gasteiger partial charge on any atom is 0.231 e. The van der Waals surface area contributed by atoms with Crippen molar-refractivity contribution in [3.63, 3.8) is 0 Å². The van der Waals surface area contributed by atoms with Gasteiger partial charge in [-0.1, -0.05) is 33.6 Å². The average molecular weight is 299 g/mol. The van der Waals surface area contributed by atoms with E-state index in [0.717, 1.165) is 22.4 Å². The summed E-state index contributed by atoms with van der Waals surface area (Å²) in [4.78, 5) is 0. The van der Waals surface area contributed by atoms with Crippen LogP contribution in [0.2, 0.25) is 0 Å². The van der Waals surface area contributed by atoms with Gasteiger partial charge in [0.1, 0.15) is 0 Å². The quantitative estimate of drug-likeness (QED) is 0.474. The molecular formula is C13H15BrO3. The first-order chi connectivity index (χ1) is 8.29. The highest BCUT2D eigenvalue weighted by atomic mass is 79.9. The van der Waals surface area contributed by atoms with E-state index in [2.05, 4.69) is 28.9 Å². The molecule has 2 rings (SSSR count). The SMILES string of the molecule is CC(=CCOCc1ccc2c(c1)OCO2)CBr. The van der Waals surface area contributed by atoms with Gasteiger partial charge in [0, 0.05) is 5.33 Å². The number of hydrogen-bond acceptors (Lipinski definition) is 3. The van der Waals surface area contributed by atoms with E-state index in [-0.39, 0.29) is 0 Å². The lowest BCUT2D eigenvalue weighted by Crippen LogP contribution is -1.94. The molecule has 17 heavy (non-hydrogen) atoms. The molecule has 1 aliphatic rings. The van der Waals surface area contributed by atoms with Crippen molar-refractivity contribution in [2.75, 3.05) is 18.7 Å². The standard InChI is InChI=1S/C13H15BrO3/c1-10(7-14)4-5-15-8-11-2-3-12-13(6-11)17-9-16-12/h2-4,6H,5,7-9H2,1H3. The molecule has 1 heterocycles. The van der Waals surface area contributed by atoms with Crippen molar-refractivity contribution in [1.29, 1.82) is 0 Å². The summed E-state index contributed by atoms with van der Waals surface area (Å²) in [5, 5.41) is 0.889. The van der Waals surface area contributed by atoms with Crippen LogP contribution in [-0.4, -0.2) is 18.7 Å². The summed E-state index contributed by atoms with van der Waals surface area (Å²) >= 11 is 3.39. The number of ether oxygens (including phenoxy) is 3. The molecule has 0 saturated heterocycles. The van der Waals surface area contributed by atoms with E-state index in [9.17, 15) is 0 Å². The minimum Gasteiger partial charge on any atom is -0.454 e. The molecule has 1 aromatic rings. The lowest BCUT2D eigenvalue weighted by atomic mass is 10.2. The third-order valence-corrected chi connectivity index (χ3v) is 3.35. The second kappa shape index (κ2) is 6.07. The number of allylic oxidation sites excluding steroid dienone is 1. The average Bonchev–Trinajstić information content (AvgIpc) is 2.81. The van der Waals surface area contributed by atoms with Crippen LogP contribution in [0.5, 0.6) is 11.5 Å². The molecule has 0 bridgehead atoms. The van der Waals surface area contributed by atoms with Crippen molar-refractivity contribution in [2.45, 2.75) is 13.5 Å². The Labute approximate surface area is 109 Å². The van der Waals surface area contributed by atoms with Gasteiger partial charge in [0.05, 0.1) is 13.2 Å². The minimum absolute atomic E-state index is 0.312. The summed E-state index contributed by atoms with van der Waals surface area (Å²) < 4.78 is 16.1. The molecule has 4 heteroatoms. The Morgan fingerprint density at radius 3 is 3.06 bits per heavy atom. The molecule has 0 aromatic heterocycles. The number of fused-ring (bicyclic) bond motifs is 1. The molecule has 0 aliphatic carbocycles. The van der Waals surface area contributed by atoms with Gasteiger partial charge < -0.3 is 14.2 Å². The summed E-state index contributed by atoms with van der Waals surface area (Å²) in [6, 6.07) is 5.87.